The molecule has 40 heavy (non-hydrogen) atoms. The van der Waals surface area contributed by atoms with Gasteiger partial charge in [0.2, 0.25) is 11.8 Å². The van der Waals surface area contributed by atoms with Crippen LogP contribution in [-0.4, -0.2) is 54.1 Å². The fourth-order valence-electron chi connectivity index (χ4n) is 4.39. The summed E-state index contributed by atoms with van der Waals surface area (Å²) >= 11 is 0. The van der Waals surface area contributed by atoms with Gasteiger partial charge in [-0.25, -0.2) is 9.78 Å². The number of aromatic nitrogens is 3. The number of anilines is 1. The van der Waals surface area contributed by atoms with Gasteiger partial charge in [0.25, 0.3) is 0 Å². The maximum atomic E-state index is 12.6. The molecule has 0 amide bonds. The van der Waals surface area contributed by atoms with Gasteiger partial charge in [-0.05, 0) is 55.0 Å². The first kappa shape index (κ1) is 28.8. The minimum Gasteiger partial charge on any atom is -0.497 e. The summed E-state index contributed by atoms with van der Waals surface area (Å²) < 4.78 is 58.1. The van der Waals surface area contributed by atoms with Crippen LogP contribution in [-0.2, 0) is 40.0 Å². The summed E-state index contributed by atoms with van der Waals surface area (Å²) in [6.45, 7) is 0.911. The van der Waals surface area contributed by atoms with Gasteiger partial charge in [0.15, 0.2) is 0 Å². The molecule has 0 fully saturated rings. The van der Waals surface area contributed by atoms with E-state index in [4.69, 9.17) is 13.9 Å². The highest BCUT2D eigenvalue weighted by Gasteiger charge is 2.42. The lowest BCUT2D eigenvalue weighted by molar-refractivity contribution is -0.202. The number of hydrogen-bond acceptors (Lipinski definition) is 10. The molecule has 1 aliphatic heterocycles. The van der Waals surface area contributed by atoms with Gasteiger partial charge in [-0.2, -0.15) is 13.2 Å². The smallest absolute Gasteiger partial charge is 0.491 e. The number of aryl methyl sites for hydroxylation is 3. The van der Waals surface area contributed by atoms with Crippen molar-refractivity contribution < 1.29 is 41.4 Å². The lowest BCUT2D eigenvalue weighted by Crippen LogP contribution is -2.28. The number of ether oxygens (including phenoxy) is 3. The highest BCUT2D eigenvalue weighted by molar-refractivity contribution is 5.88. The van der Waals surface area contributed by atoms with Gasteiger partial charge in [0, 0.05) is 37.1 Å². The molecular weight excluding hydrogens is 533 g/mol. The second-order valence-electron chi connectivity index (χ2n) is 9.29. The second-order valence-corrected chi connectivity index (χ2v) is 9.29. The highest BCUT2D eigenvalue weighted by atomic mass is 19.4. The van der Waals surface area contributed by atoms with Crippen LogP contribution in [0.2, 0.25) is 0 Å². The first-order valence-electron chi connectivity index (χ1n) is 12.7. The third kappa shape index (κ3) is 7.70. The van der Waals surface area contributed by atoms with E-state index in [0.717, 1.165) is 30.9 Å². The minimum absolute atomic E-state index is 0.00330. The molecule has 0 bridgehead atoms. The number of nitrogens with one attached hydrogen (secondary N) is 1. The molecule has 0 spiro atoms. The SMILES string of the molecule is COc1cc(OC)cc(C(CC(=O)OC(=O)C(F)(F)F)Cc2nnc(CCCc3ccc4c(n3)NCCC4)o2)c1. The molecule has 1 atom stereocenters. The van der Waals surface area contributed by atoms with Crippen LogP contribution in [0.1, 0.15) is 53.8 Å². The number of methoxy groups -OCH3 is 2. The standard InChI is InChI=1S/C27H29F3N4O6/c1-37-20-11-17(12-21(15-20)38-2)18(14-24(35)40-26(36)27(28,29)30)13-23-34-33-22(39-23)7-3-6-19-9-8-16-5-4-10-31-25(16)32-19/h8-9,11-12,15,18H,3-7,10,13-14H2,1-2H3,(H,31,32). The zero-order valence-corrected chi connectivity index (χ0v) is 22.0. The lowest BCUT2D eigenvalue weighted by Gasteiger charge is -2.17. The monoisotopic (exact) mass is 562 g/mol. The Balaban J connectivity index is 1.43. The Labute approximate surface area is 228 Å². The molecule has 1 aromatic carbocycles. The molecule has 0 saturated carbocycles. The largest absolute Gasteiger partial charge is 0.497 e. The lowest BCUT2D eigenvalue weighted by atomic mass is 9.92. The Morgan fingerprint density at radius 1 is 1.05 bits per heavy atom. The zero-order valence-electron chi connectivity index (χ0n) is 22.0. The van der Waals surface area contributed by atoms with Crippen molar-refractivity contribution in [2.75, 3.05) is 26.1 Å². The molecule has 1 aliphatic rings. The maximum absolute atomic E-state index is 12.6. The number of halogens is 3. The number of hydrogen-bond donors (Lipinski definition) is 1. The number of esters is 2. The van der Waals surface area contributed by atoms with E-state index in [2.05, 4.69) is 31.3 Å². The van der Waals surface area contributed by atoms with E-state index in [-0.39, 0.29) is 12.3 Å². The van der Waals surface area contributed by atoms with Gasteiger partial charge in [0.05, 0.1) is 20.6 Å². The Morgan fingerprint density at radius 3 is 2.48 bits per heavy atom. The molecule has 3 heterocycles. The number of alkyl halides is 3. The van der Waals surface area contributed by atoms with Crippen LogP contribution < -0.4 is 14.8 Å². The van der Waals surface area contributed by atoms with Crippen LogP contribution in [0.3, 0.4) is 0 Å². The number of carbonyl (C=O) groups is 2. The van der Waals surface area contributed by atoms with Crippen LogP contribution in [0.5, 0.6) is 11.5 Å². The van der Waals surface area contributed by atoms with Crippen molar-refractivity contribution in [2.45, 2.75) is 57.0 Å². The van der Waals surface area contributed by atoms with E-state index in [1.54, 1.807) is 18.2 Å². The second kappa shape index (κ2) is 12.8. The molecular formula is C27H29F3N4O6. The molecule has 0 aliphatic carbocycles. The summed E-state index contributed by atoms with van der Waals surface area (Å²) in [7, 11) is 2.87. The molecule has 0 saturated heterocycles. The number of fused-ring (bicyclic) bond motifs is 1. The Morgan fingerprint density at radius 2 is 1.77 bits per heavy atom. The topological polar surface area (TPSA) is 126 Å². The predicted molar refractivity (Wildman–Crippen MR) is 135 cm³/mol. The summed E-state index contributed by atoms with van der Waals surface area (Å²) in [6, 6.07) is 8.91. The van der Waals surface area contributed by atoms with Crippen molar-refractivity contribution in [1.82, 2.24) is 15.2 Å². The van der Waals surface area contributed by atoms with E-state index in [0.29, 0.717) is 42.2 Å². The number of benzene rings is 1. The van der Waals surface area contributed by atoms with Crippen LogP contribution in [0.25, 0.3) is 0 Å². The van der Waals surface area contributed by atoms with E-state index in [1.165, 1.54) is 19.8 Å². The molecule has 1 N–H and O–H groups in total. The van der Waals surface area contributed by atoms with E-state index in [1.807, 2.05) is 6.07 Å². The number of pyridine rings is 1. The first-order chi connectivity index (χ1) is 19.1. The van der Waals surface area contributed by atoms with Crippen molar-refractivity contribution in [3.8, 4) is 11.5 Å². The molecule has 13 heteroatoms. The summed E-state index contributed by atoms with van der Waals surface area (Å²) in [5, 5.41) is 11.4. The fourth-order valence-corrected chi connectivity index (χ4v) is 4.39. The average Bonchev–Trinajstić information content (AvgIpc) is 3.38. The summed E-state index contributed by atoms with van der Waals surface area (Å²) in [5.74, 6) is -2.43. The van der Waals surface area contributed by atoms with Crippen molar-refractivity contribution in [2.24, 2.45) is 0 Å². The van der Waals surface area contributed by atoms with Gasteiger partial charge in [-0.3, -0.25) is 4.79 Å². The van der Waals surface area contributed by atoms with Crippen LogP contribution in [0.4, 0.5) is 19.0 Å². The third-order valence-electron chi connectivity index (χ3n) is 6.40. The fraction of sp³-hybridized carbons (Fsp3) is 0.444. The summed E-state index contributed by atoms with van der Waals surface area (Å²) in [4.78, 5) is 28.1. The normalized spacial score (nSPS) is 13.6. The Bertz CT molecular complexity index is 1320. The average molecular weight is 563 g/mol. The van der Waals surface area contributed by atoms with Gasteiger partial charge >= 0.3 is 18.1 Å². The molecule has 4 rings (SSSR count). The number of nitrogens with zero attached hydrogens (tertiary/aromatic N) is 3. The molecule has 10 nitrogen and oxygen atoms in total. The third-order valence-corrected chi connectivity index (χ3v) is 6.40. The van der Waals surface area contributed by atoms with Gasteiger partial charge in [-0.1, -0.05) is 6.07 Å². The first-order valence-corrected chi connectivity index (χ1v) is 12.7. The zero-order chi connectivity index (χ0) is 28.7. The van der Waals surface area contributed by atoms with Crippen LogP contribution in [0, 0.1) is 0 Å². The summed E-state index contributed by atoms with van der Waals surface area (Å²) in [5.41, 5.74) is 2.65. The van der Waals surface area contributed by atoms with E-state index >= 15 is 0 Å². The van der Waals surface area contributed by atoms with Crippen molar-refractivity contribution in [1.29, 1.82) is 0 Å². The quantitative estimate of drug-likeness (QED) is 0.266. The van der Waals surface area contributed by atoms with Gasteiger partial charge < -0.3 is 23.9 Å². The van der Waals surface area contributed by atoms with Crippen LogP contribution >= 0.6 is 0 Å². The number of rotatable bonds is 11. The van der Waals surface area contributed by atoms with Crippen molar-refractivity contribution in [3.05, 3.63) is 58.9 Å². The van der Waals surface area contributed by atoms with Crippen molar-refractivity contribution >= 4 is 17.8 Å². The Kier molecular flexibility index (Phi) is 9.22. The number of carbonyl (C=O) groups excluding carboxylic acids is 2. The van der Waals surface area contributed by atoms with Gasteiger partial charge in [0.1, 0.15) is 17.3 Å². The molecule has 0 radical (unpaired) electrons. The predicted octanol–water partition coefficient (Wildman–Crippen LogP) is 4.36. The maximum Gasteiger partial charge on any atom is 0.491 e. The Hall–Kier alpha value is -4.16. The van der Waals surface area contributed by atoms with Crippen molar-refractivity contribution in [3.63, 3.8) is 0 Å². The van der Waals surface area contributed by atoms with Crippen LogP contribution in [0.15, 0.2) is 34.7 Å². The highest BCUT2D eigenvalue weighted by Crippen LogP contribution is 2.32. The minimum atomic E-state index is -5.29. The molecule has 214 valence electrons. The summed E-state index contributed by atoms with van der Waals surface area (Å²) in [6.07, 6.45) is -1.86. The molecule has 2 aromatic heterocycles. The van der Waals surface area contributed by atoms with E-state index in [9.17, 15) is 22.8 Å². The molecule has 3 aromatic rings. The molecule has 1 unspecified atom stereocenters. The van der Waals surface area contributed by atoms with E-state index < -0.39 is 30.5 Å². The van der Waals surface area contributed by atoms with Gasteiger partial charge in [-0.15, -0.1) is 10.2 Å².